The molecule has 0 aliphatic heterocycles. The Morgan fingerprint density at radius 2 is 1.16 bits per heavy atom. The number of nitrogen functional groups attached to an aromatic ring is 3. The molecule has 1 aromatic heterocycles. The van der Waals surface area contributed by atoms with Crippen molar-refractivity contribution in [3.63, 3.8) is 0 Å². The van der Waals surface area contributed by atoms with E-state index in [-0.39, 0.29) is 23.4 Å². The Hall–Kier alpha value is -3.11. The van der Waals surface area contributed by atoms with E-state index in [9.17, 15) is 4.79 Å². The van der Waals surface area contributed by atoms with Crippen molar-refractivity contribution in [1.82, 2.24) is 15.0 Å². The van der Waals surface area contributed by atoms with E-state index in [1.165, 1.54) is 6.92 Å². The number of carbonyl (C=O) groups is 2. The Bertz CT molecular complexity index is 396. The number of rotatable bonds is 1. The Morgan fingerprint density at radius 3 is 1.26 bits per heavy atom. The average molecular weight is 273 g/mol. The van der Waals surface area contributed by atoms with Gasteiger partial charge in [-0.1, -0.05) is 6.58 Å². The Balaban J connectivity index is 0. The van der Waals surface area contributed by atoms with Crippen LogP contribution in [0.4, 0.5) is 22.6 Å². The van der Waals surface area contributed by atoms with Crippen molar-refractivity contribution in [2.75, 3.05) is 17.2 Å². The van der Waals surface area contributed by atoms with Crippen molar-refractivity contribution >= 4 is 29.9 Å². The minimum Gasteiger partial charge on any atom is -0.478 e. The molecule has 0 atom stereocenters. The minimum atomic E-state index is -1.33. The maximum atomic E-state index is 9.60. The molecular weight excluding hydrogens is 258 g/mol. The second-order valence-electron chi connectivity index (χ2n) is 2.83. The molecule has 0 spiro atoms. The first-order valence-electron chi connectivity index (χ1n) is 4.46. The van der Waals surface area contributed by atoms with Crippen LogP contribution in [0.1, 0.15) is 6.92 Å². The maximum absolute atomic E-state index is 9.60. The SMILES string of the molecule is C=C(C)C(=O)O.NC(=O)O.Nc1nc(N)nc(N)n1. The summed E-state index contributed by atoms with van der Waals surface area (Å²) in [6.45, 7) is 4.60. The summed E-state index contributed by atoms with van der Waals surface area (Å²) in [5.74, 6) is -0.810. The number of hydrogen-bond donors (Lipinski definition) is 6. The Kier molecular flexibility index (Phi) is 8.63. The molecule has 1 rings (SSSR count). The first-order valence-corrected chi connectivity index (χ1v) is 4.46. The van der Waals surface area contributed by atoms with E-state index >= 15 is 0 Å². The Morgan fingerprint density at radius 1 is 1.00 bits per heavy atom. The molecule has 0 aliphatic carbocycles. The van der Waals surface area contributed by atoms with Crippen molar-refractivity contribution in [3.8, 4) is 0 Å². The predicted octanol–water partition coefficient (Wildman–Crippen LogP) is -1.11. The summed E-state index contributed by atoms with van der Waals surface area (Å²) >= 11 is 0. The first-order chi connectivity index (χ1) is 8.56. The Labute approximate surface area is 108 Å². The van der Waals surface area contributed by atoms with Crippen LogP contribution in [0, 0.1) is 0 Å². The normalized spacial score (nSPS) is 8.05. The molecule has 1 heterocycles. The van der Waals surface area contributed by atoms with Gasteiger partial charge in [0.25, 0.3) is 0 Å². The maximum Gasteiger partial charge on any atom is 0.402 e. The molecule has 19 heavy (non-hydrogen) atoms. The van der Waals surface area contributed by atoms with Gasteiger partial charge in [-0.15, -0.1) is 0 Å². The fourth-order valence-corrected chi connectivity index (χ4v) is 0.427. The van der Waals surface area contributed by atoms with Crippen LogP contribution in [0.3, 0.4) is 0 Å². The lowest BCUT2D eigenvalue weighted by molar-refractivity contribution is -0.132. The smallest absolute Gasteiger partial charge is 0.402 e. The molecule has 0 bridgehead atoms. The molecule has 0 saturated heterocycles. The summed E-state index contributed by atoms with van der Waals surface area (Å²) in [6, 6.07) is 0. The van der Waals surface area contributed by atoms with Crippen molar-refractivity contribution in [1.29, 1.82) is 0 Å². The highest BCUT2D eigenvalue weighted by Crippen LogP contribution is 1.97. The number of primary amides is 1. The minimum absolute atomic E-state index is 0.0417. The van der Waals surface area contributed by atoms with E-state index in [0.717, 1.165) is 0 Å². The highest BCUT2D eigenvalue weighted by atomic mass is 16.4. The molecular formula is C8H15N7O4. The lowest BCUT2D eigenvalue weighted by Gasteiger charge is -1.93. The number of nitrogens with two attached hydrogens (primary N) is 4. The fourth-order valence-electron chi connectivity index (χ4n) is 0.427. The van der Waals surface area contributed by atoms with Crippen molar-refractivity contribution in [2.45, 2.75) is 6.92 Å². The van der Waals surface area contributed by atoms with E-state index in [1.54, 1.807) is 0 Å². The summed E-state index contributed by atoms with van der Waals surface area (Å²) < 4.78 is 0. The molecule has 1 aromatic rings. The van der Waals surface area contributed by atoms with Gasteiger partial charge in [0.1, 0.15) is 0 Å². The third-order valence-corrected chi connectivity index (χ3v) is 1.05. The second kappa shape index (κ2) is 8.98. The van der Waals surface area contributed by atoms with Crippen LogP contribution in [0.15, 0.2) is 12.2 Å². The van der Waals surface area contributed by atoms with Gasteiger partial charge in [0.2, 0.25) is 17.8 Å². The molecule has 0 saturated carbocycles. The topological polar surface area (TPSA) is 217 Å². The summed E-state index contributed by atoms with van der Waals surface area (Å²) in [5, 5.41) is 15.1. The van der Waals surface area contributed by atoms with Crippen LogP contribution in [0.5, 0.6) is 0 Å². The molecule has 11 nitrogen and oxygen atoms in total. The van der Waals surface area contributed by atoms with Crippen molar-refractivity contribution in [3.05, 3.63) is 12.2 Å². The number of carboxylic acids is 1. The number of nitrogens with zero attached hydrogens (tertiary/aromatic N) is 3. The van der Waals surface area contributed by atoms with Gasteiger partial charge in [-0.05, 0) is 6.92 Å². The standard InChI is InChI=1S/C4H6O2.C3H6N6.CH3NO2/c1-3(2)4(5)6;4-1-7-2(5)9-3(6)8-1;2-1(3)4/h1H2,2H3,(H,5,6);(H6,4,5,6,7,8,9);2H2,(H,3,4). The quantitative estimate of drug-likeness (QED) is 0.338. The molecule has 0 aliphatic rings. The van der Waals surface area contributed by atoms with Crippen molar-refractivity contribution in [2.24, 2.45) is 5.73 Å². The molecule has 0 radical (unpaired) electrons. The predicted molar refractivity (Wildman–Crippen MR) is 67.7 cm³/mol. The van der Waals surface area contributed by atoms with Crippen LogP contribution in [-0.4, -0.2) is 37.2 Å². The first kappa shape index (κ1) is 18.3. The van der Waals surface area contributed by atoms with E-state index in [0.29, 0.717) is 0 Å². The van der Waals surface area contributed by atoms with E-state index in [4.69, 9.17) is 32.2 Å². The number of aliphatic carboxylic acids is 1. The van der Waals surface area contributed by atoms with Gasteiger partial charge in [0.05, 0.1) is 0 Å². The van der Waals surface area contributed by atoms with Crippen LogP contribution in [-0.2, 0) is 4.79 Å². The summed E-state index contributed by atoms with van der Waals surface area (Å²) in [6.07, 6.45) is -1.33. The van der Waals surface area contributed by atoms with E-state index < -0.39 is 12.1 Å². The zero-order chi connectivity index (χ0) is 15.6. The molecule has 0 fully saturated rings. The third kappa shape index (κ3) is 14.9. The van der Waals surface area contributed by atoms with Crippen LogP contribution in [0.25, 0.3) is 0 Å². The molecule has 106 valence electrons. The van der Waals surface area contributed by atoms with Gasteiger partial charge >= 0.3 is 12.1 Å². The average Bonchev–Trinajstić information content (AvgIpc) is 2.14. The summed E-state index contributed by atoms with van der Waals surface area (Å²) in [5.41, 5.74) is 19.6. The van der Waals surface area contributed by atoms with Gasteiger partial charge < -0.3 is 33.1 Å². The van der Waals surface area contributed by atoms with Crippen molar-refractivity contribution < 1.29 is 19.8 Å². The van der Waals surface area contributed by atoms with Crippen LogP contribution < -0.4 is 22.9 Å². The highest BCUT2D eigenvalue weighted by Gasteiger charge is 1.93. The zero-order valence-electron chi connectivity index (χ0n) is 10.1. The number of anilines is 3. The zero-order valence-corrected chi connectivity index (χ0v) is 10.1. The largest absolute Gasteiger partial charge is 0.478 e. The third-order valence-electron chi connectivity index (χ3n) is 1.05. The van der Waals surface area contributed by atoms with Crippen LogP contribution >= 0.6 is 0 Å². The number of aromatic nitrogens is 3. The molecule has 0 unspecified atom stereocenters. The number of amides is 1. The van der Waals surface area contributed by atoms with Gasteiger partial charge in [-0.2, -0.15) is 15.0 Å². The molecule has 1 amide bonds. The van der Waals surface area contributed by atoms with Gasteiger partial charge in [-0.3, -0.25) is 0 Å². The lowest BCUT2D eigenvalue weighted by atomic mass is 10.4. The molecule has 11 heteroatoms. The highest BCUT2D eigenvalue weighted by molar-refractivity contribution is 5.84. The number of hydrogen-bond acceptors (Lipinski definition) is 8. The summed E-state index contributed by atoms with van der Waals surface area (Å²) in [7, 11) is 0. The number of carboxylic acid groups (broad SMARTS) is 2. The van der Waals surface area contributed by atoms with Gasteiger partial charge in [0, 0.05) is 5.57 Å². The van der Waals surface area contributed by atoms with Crippen LogP contribution in [0.2, 0.25) is 0 Å². The lowest BCUT2D eigenvalue weighted by Crippen LogP contribution is -2.05. The van der Waals surface area contributed by atoms with Gasteiger partial charge in [0.15, 0.2) is 0 Å². The summed E-state index contributed by atoms with van der Waals surface area (Å²) in [4.78, 5) is 28.8. The van der Waals surface area contributed by atoms with Gasteiger partial charge in [-0.25, -0.2) is 9.59 Å². The second-order valence-corrected chi connectivity index (χ2v) is 2.83. The monoisotopic (exact) mass is 273 g/mol. The molecule has 0 aromatic carbocycles. The van der Waals surface area contributed by atoms with E-state index in [2.05, 4.69) is 27.3 Å². The van der Waals surface area contributed by atoms with E-state index in [1.807, 2.05) is 0 Å². The molecule has 10 N–H and O–H groups in total. The fraction of sp³-hybridized carbons (Fsp3) is 0.125.